The Morgan fingerprint density at radius 1 is 1.18 bits per heavy atom. The quantitative estimate of drug-likeness (QED) is 0.873. The van der Waals surface area contributed by atoms with Crippen LogP contribution in [-0.2, 0) is 4.79 Å². The molecule has 0 aliphatic heterocycles. The third-order valence-electron chi connectivity index (χ3n) is 3.48. The lowest BCUT2D eigenvalue weighted by molar-refractivity contribution is -0.709. The van der Waals surface area contributed by atoms with E-state index in [1.54, 1.807) is 12.1 Å². The Morgan fingerprint density at radius 3 is 2.50 bits per heavy atom. The molecule has 2 aromatic carbocycles. The van der Waals surface area contributed by atoms with E-state index in [-0.39, 0.29) is 23.8 Å². The standard InChI is InChI=1S/C17H18ClFN2O/c1-11(13-4-3-5-14(18)10-13)20-12(2)17(22)21-16-8-6-15(19)7-9-16/h3-12,20H,1-2H3,(H,21,22)/p+1/t11-,12+/m1/s1. The molecule has 0 aromatic heterocycles. The number of benzene rings is 2. The molecule has 0 spiro atoms. The molecule has 0 aliphatic carbocycles. The van der Waals surface area contributed by atoms with Crippen molar-refractivity contribution in [2.75, 3.05) is 5.32 Å². The molecule has 0 heterocycles. The van der Waals surface area contributed by atoms with Gasteiger partial charge < -0.3 is 10.6 Å². The molecule has 1 amide bonds. The smallest absolute Gasteiger partial charge is 0.282 e. The lowest BCUT2D eigenvalue weighted by Gasteiger charge is -2.17. The van der Waals surface area contributed by atoms with Crippen molar-refractivity contribution in [3.63, 3.8) is 0 Å². The van der Waals surface area contributed by atoms with E-state index in [1.165, 1.54) is 12.1 Å². The van der Waals surface area contributed by atoms with Gasteiger partial charge in [0.15, 0.2) is 6.04 Å². The van der Waals surface area contributed by atoms with Gasteiger partial charge in [0.2, 0.25) is 0 Å². The van der Waals surface area contributed by atoms with E-state index in [2.05, 4.69) is 5.32 Å². The summed E-state index contributed by atoms with van der Waals surface area (Å²) >= 11 is 5.98. The summed E-state index contributed by atoms with van der Waals surface area (Å²) in [6, 6.07) is 13.1. The molecule has 0 unspecified atom stereocenters. The van der Waals surface area contributed by atoms with Crippen LogP contribution in [0.1, 0.15) is 25.5 Å². The van der Waals surface area contributed by atoms with Gasteiger partial charge in [0.05, 0.1) is 0 Å². The highest BCUT2D eigenvalue weighted by Crippen LogP contribution is 2.15. The van der Waals surface area contributed by atoms with Crippen LogP contribution >= 0.6 is 11.6 Å². The van der Waals surface area contributed by atoms with Crippen molar-refractivity contribution >= 4 is 23.2 Å². The van der Waals surface area contributed by atoms with Gasteiger partial charge in [-0.15, -0.1) is 0 Å². The second kappa shape index (κ2) is 7.38. The minimum Gasteiger partial charge on any atom is -0.330 e. The zero-order chi connectivity index (χ0) is 16.1. The van der Waals surface area contributed by atoms with E-state index in [0.29, 0.717) is 10.7 Å². The fourth-order valence-electron chi connectivity index (χ4n) is 2.21. The van der Waals surface area contributed by atoms with Crippen LogP contribution in [0, 0.1) is 5.82 Å². The molecular weight excluding hydrogens is 303 g/mol. The molecule has 0 saturated heterocycles. The summed E-state index contributed by atoms with van der Waals surface area (Å²) in [6.45, 7) is 3.85. The van der Waals surface area contributed by atoms with Crippen molar-refractivity contribution < 1.29 is 14.5 Å². The summed E-state index contributed by atoms with van der Waals surface area (Å²) in [5.41, 5.74) is 1.65. The number of hydrogen-bond acceptors (Lipinski definition) is 1. The summed E-state index contributed by atoms with van der Waals surface area (Å²) in [5, 5.41) is 5.42. The molecule has 0 bridgehead atoms. The molecule has 3 nitrogen and oxygen atoms in total. The summed E-state index contributed by atoms with van der Waals surface area (Å²) < 4.78 is 12.8. The van der Waals surface area contributed by atoms with Crippen molar-refractivity contribution in [2.45, 2.75) is 25.9 Å². The number of halogens is 2. The van der Waals surface area contributed by atoms with E-state index < -0.39 is 0 Å². The fraction of sp³-hybridized carbons (Fsp3) is 0.235. The minimum absolute atomic E-state index is 0.104. The highest BCUT2D eigenvalue weighted by atomic mass is 35.5. The average Bonchev–Trinajstić information content (AvgIpc) is 2.49. The molecule has 0 saturated carbocycles. The predicted molar refractivity (Wildman–Crippen MR) is 86.3 cm³/mol. The lowest BCUT2D eigenvalue weighted by Crippen LogP contribution is -2.91. The molecule has 2 rings (SSSR count). The van der Waals surface area contributed by atoms with Crippen LogP contribution < -0.4 is 10.6 Å². The van der Waals surface area contributed by atoms with Crippen molar-refractivity contribution in [2.24, 2.45) is 0 Å². The van der Waals surface area contributed by atoms with Gasteiger partial charge in [0.1, 0.15) is 11.9 Å². The summed E-state index contributed by atoms with van der Waals surface area (Å²) in [7, 11) is 0. The minimum atomic E-state index is -0.327. The first-order valence-electron chi connectivity index (χ1n) is 7.12. The third kappa shape index (κ3) is 4.55. The van der Waals surface area contributed by atoms with Gasteiger partial charge in [-0.2, -0.15) is 0 Å². The van der Waals surface area contributed by atoms with Gasteiger partial charge in [-0.25, -0.2) is 4.39 Å². The third-order valence-corrected chi connectivity index (χ3v) is 3.71. The number of carbonyl (C=O) groups excluding carboxylic acids is 1. The van der Waals surface area contributed by atoms with Crippen LogP contribution in [0.2, 0.25) is 5.02 Å². The lowest BCUT2D eigenvalue weighted by atomic mass is 10.1. The maximum atomic E-state index is 12.8. The molecular formula is C17H19ClFN2O+. The maximum absolute atomic E-state index is 12.8. The highest BCUT2D eigenvalue weighted by Gasteiger charge is 2.20. The monoisotopic (exact) mass is 321 g/mol. The number of carbonyl (C=O) groups is 1. The van der Waals surface area contributed by atoms with Crippen LogP contribution in [0.3, 0.4) is 0 Å². The zero-order valence-corrected chi connectivity index (χ0v) is 13.3. The molecule has 2 aromatic rings. The van der Waals surface area contributed by atoms with Gasteiger partial charge in [-0.05, 0) is 50.2 Å². The van der Waals surface area contributed by atoms with Crippen LogP contribution in [0.5, 0.6) is 0 Å². The number of hydrogen-bond donors (Lipinski definition) is 2. The molecule has 5 heteroatoms. The van der Waals surface area contributed by atoms with Crippen molar-refractivity contribution in [1.29, 1.82) is 0 Å². The number of rotatable bonds is 5. The Balaban J connectivity index is 1.94. The molecule has 0 aliphatic rings. The molecule has 22 heavy (non-hydrogen) atoms. The van der Waals surface area contributed by atoms with Crippen LogP contribution in [0.4, 0.5) is 10.1 Å². The number of nitrogens with two attached hydrogens (primary N) is 1. The van der Waals surface area contributed by atoms with Gasteiger partial charge >= 0.3 is 0 Å². The average molecular weight is 322 g/mol. The van der Waals surface area contributed by atoms with Gasteiger partial charge in [-0.3, -0.25) is 4.79 Å². The van der Waals surface area contributed by atoms with Crippen molar-refractivity contribution in [3.8, 4) is 0 Å². The van der Waals surface area contributed by atoms with Crippen molar-refractivity contribution in [3.05, 3.63) is 64.9 Å². The van der Waals surface area contributed by atoms with Gasteiger partial charge in [0.25, 0.3) is 5.91 Å². The van der Waals surface area contributed by atoms with Crippen LogP contribution in [0.25, 0.3) is 0 Å². The number of quaternary nitrogens is 1. The Hall–Kier alpha value is -1.91. The summed E-state index contributed by atoms with van der Waals surface area (Å²) in [4.78, 5) is 12.2. The number of anilines is 1. The largest absolute Gasteiger partial charge is 0.330 e. The van der Waals surface area contributed by atoms with E-state index in [0.717, 1.165) is 5.56 Å². The fourth-order valence-corrected chi connectivity index (χ4v) is 2.41. The van der Waals surface area contributed by atoms with E-state index in [1.807, 2.05) is 43.4 Å². The molecule has 3 N–H and O–H groups in total. The second-order valence-corrected chi connectivity index (χ2v) is 5.76. The number of nitrogens with one attached hydrogen (secondary N) is 1. The normalized spacial score (nSPS) is 13.5. The van der Waals surface area contributed by atoms with Crippen LogP contribution in [0.15, 0.2) is 48.5 Å². The van der Waals surface area contributed by atoms with Crippen LogP contribution in [-0.4, -0.2) is 11.9 Å². The molecule has 0 radical (unpaired) electrons. The zero-order valence-electron chi connectivity index (χ0n) is 12.5. The Kier molecular flexibility index (Phi) is 5.52. The summed E-state index contributed by atoms with van der Waals surface area (Å²) in [6.07, 6.45) is 0. The van der Waals surface area contributed by atoms with E-state index in [4.69, 9.17) is 11.6 Å². The SMILES string of the molecule is C[C@H]([NH2+][C@H](C)c1cccc(Cl)c1)C(=O)Nc1ccc(F)cc1. The Labute approximate surface area is 134 Å². The van der Waals surface area contributed by atoms with Gasteiger partial charge in [0, 0.05) is 16.3 Å². The van der Waals surface area contributed by atoms with Gasteiger partial charge in [-0.1, -0.05) is 23.7 Å². The molecule has 0 fully saturated rings. The first-order valence-corrected chi connectivity index (χ1v) is 7.50. The highest BCUT2D eigenvalue weighted by molar-refractivity contribution is 6.30. The predicted octanol–water partition coefficient (Wildman–Crippen LogP) is 3.13. The molecule has 116 valence electrons. The number of amides is 1. The van der Waals surface area contributed by atoms with Crippen molar-refractivity contribution in [1.82, 2.24) is 0 Å². The Morgan fingerprint density at radius 2 is 1.86 bits per heavy atom. The maximum Gasteiger partial charge on any atom is 0.282 e. The first-order chi connectivity index (χ1) is 10.5. The van der Waals surface area contributed by atoms with E-state index in [9.17, 15) is 9.18 Å². The Bertz CT molecular complexity index is 645. The first kappa shape index (κ1) is 16.5. The second-order valence-electron chi connectivity index (χ2n) is 5.32. The topological polar surface area (TPSA) is 45.7 Å². The molecule has 2 atom stereocenters. The summed E-state index contributed by atoms with van der Waals surface area (Å²) in [5.74, 6) is -0.451. The van der Waals surface area contributed by atoms with E-state index >= 15 is 0 Å².